The van der Waals surface area contributed by atoms with Crippen molar-refractivity contribution in [2.45, 2.75) is 0 Å². The van der Waals surface area contributed by atoms with Crippen LogP contribution in [0.5, 0.6) is 0 Å². The van der Waals surface area contributed by atoms with Crippen LogP contribution < -0.4 is 15.9 Å². The van der Waals surface area contributed by atoms with Crippen molar-refractivity contribution < 1.29 is 0 Å². The van der Waals surface area contributed by atoms with Crippen molar-refractivity contribution in [1.82, 2.24) is 0 Å². The van der Waals surface area contributed by atoms with Crippen LogP contribution in [0.25, 0.3) is 0 Å². The molecule has 0 spiro atoms. The van der Waals surface area contributed by atoms with Gasteiger partial charge in [-0.2, -0.15) is 0 Å². The zero-order valence-electron chi connectivity index (χ0n) is 12.2. The Labute approximate surface area is 129 Å². The molecule has 0 saturated carbocycles. The third-order valence-corrected chi connectivity index (χ3v) is 7.81. The van der Waals surface area contributed by atoms with Gasteiger partial charge >= 0.3 is 0 Å². The fourth-order valence-electron chi connectivity index (χ4n) is 2.63. The van der Waals surface area contributed by atoms with Crippen molar-refractivity contribution in [2.24, 2.45) is 0 Å². The number of hydrogen-bond acceptors (Lipinski definition) is 0. The summed E-state index contributed by atoms with van der Waals surface area (Å²) in [5.41, 5.74) is 0. The molecule has 0 atom stereocenters. The van der Waals surface area contributed by atoms with Crippen LogP contribution in [-0.2, 0) is 0 Å². The fraction of sp³-hybridized carbons (Fsp3) is 0.0526. The van der Waals surface area contributed by atoms with Crippen LogP contribution in [0.15, 0.2) is 91.0 Å². The summed E-state index contributed by atoms with van der Waals surface area (Å²) in [6, 6.07) is 32.6. The standard InChI is InChI=1S/C19H18P.B/c1-20(17-11-5-2-6-12-17,18-13-7-3-8-14-18)19-15-9-4-10-16-19;/h2-16H,1H3;/q+1;-1. The van der Waals surface area contributed by atoms with E-state index in [1.165, 1.54) is 15.9 Å². The summed E-state index contributed by atoms with van der Waals surface area (Å²) in [4.78, 5) is 0. The van der Waals surface area contributed by atoms with Crippen molar-refractivity contribution in [3.8, 4) is 0 Å². The summed E-state index contributed by atoms with van der Waals surface area (Å²) < 4.78 is 0. The van der Waals surface area contributed by atoms with Crippen LogP contribution in [0.4, 0.5) is 0 Å². The summed E-state index contributed by atoms with van der Waals surface area (Å²) >= 11 is 0. The summed E-state index contributed by atoms with van der Waals surface area (Å²) in [5, 5.41) is 4.28. The van der Waals surface area contributed by atoms with Gasteiger partial charge in [-0.25, -0.2) is 0 Å². The second kappa shape index (κ2) is 6.74. The highest BCUT2D eigenvalue weighted by atomic mass is 31.2. The molecule has 3 aromatic carbocycles. The lowest BCUT2D eigenvalue weighted by Gasteiger charge is -2.22. The van der Waals surface area contributed by atoms with Gasteiger partial charge in [-0.15, -0.1) is 0 Å². The van der Waals surface area contributed by atoms with Gasteiger partial charge in [0.25, 0.3) is 0 Å². The van der Waals surface area contributed by atoms with Gasteiger partial charge in [-0.1, -0.05) is 54.6 Å². The Morgan fingerprint density at radius 1 is 0.476 bits per heavy atom. The SMILES string of the molecule is C[P+](c1ccccc1)(c1ccccc1)c1ccccc1.[B-]. The number of benzene rings is 3. The normalized spacial score (nSPS) is 10.7. The molecular formula is C19H18BP. The highest BCUT2D eigenvalue weighted by Crippen LogP contribution is 2.51. The number of hydrogen-bond donors (Lipinski definition) is 0. The zero-order chi connectivity index (χ0) is 13.8. The molecule has 0 aliphatic heterocycles. The smallest absolute Gasteiger partial charge is 0.109 e. The lowest BCUT2D eigenvalue weighted by Crippen LogP contribution is -2.30. The summed E-state index contributed by atoms with van der Waals surface area (Å²) in [6.45, 7) is 2.41. The lowest BCUT2D eigenvalue weighted by atomic mass is 10.4. The topological polar surface area (TPSA) is 0 Å². The summed E-state index contributed by atoms with van der Waals surface area (Å²) in [7, 11) is -1.53. The van der Waals surface area contributed by atoms with E-state index in [2.05, 4.69) is 97.7 Å². The van der Waals surface area contributed by atoms with Crippen molar-refractivity contribution in [3.63, 3.8) is 0 Å². The van der Waals surface area contributed by atoms with Crippen molar-refractivity contribution in [2.75, 3.05) is 6.66 Å². The first-order valence-corrected chi connectivity index (χ1v) is 9.09. The molecule has 0 aromatic heterocycles. The van der Waals surface area contributed by atoms with Crippen molar-refractivity contribution in [1.29, 1.82) is 0 Å². The van der Waals surface area contributed by atoms with Crippen LogP contribution in [0.2, 0.25) is 0 Å². The molecule has 0 unspecified atom stereocenters. The van der Waals surface area contributed by atoms with E-state index in [9.17, 15) is 0 Å². The molecule has 0 heterocycles. The molecule has 0 nitrogen and oxygen atoms in total. The monoisotopic (exact) mass is 288 g/mol. The van der Waals surface area contributed by atoms with Gasteiger partial charge in [0.15, 0.2) is 0 Å². The molecule has 0 bridgehead atoms. The fourth-order valence-corrected chi connectivity index (χ4v) is 5.83. The Bertz CT molecular complexity index is 569. The van der Waals surface area contributed by atoms with Crippen LogP contribution >= 0.6 is 7.26 Å². The van der Waals surface area contributed by atoms with E-state index in [4.69, 9.17) is 0 Å². The molecule has 102 valence electrons. The summed E-state index contributed by atoms with van der Waals surface area (Å²) in [6.07, 6.45) is 0. The Balaban J connectivity index is 0.00000161. The Morgan fingerprint density at radius 3 is 0.952 bits per heavy atom. The van der Waals surface area contributed by atoms with E-state index in [0.717, 1.165) is 0 Å². The Kier molecular flexibility index (Phi) is 4.99. The molecule has 0 N–H and O–H groups in total. The zero-order valence-corrected chi connectivity index (χ0v) is 13.1. The second-order valence-corrected chi connectivity index (χ2v) is 8.57. The first kappa shape index (κ1) is 15.5. The maximum absolute atomic E-state index is 2.41. The Hall–Kier alpha value is -1.85. The minimum absolute atomic E-state index is 0. The average molecular weight is 288 g/mol. The number of rotatable bonds is 3. The van der Waals surface area contributed by atoms with E-state index >= 15 is 0 Å². The van der Waals surface area contributed by atoms with Gasteiger partial charge in [-0.05, 0) is 36.4 Å². The Morgan fingerprint density at radius 2 is 0.714 bits per heavy atom. The van der Waals surface area contributed by atoms with Crippen LogP contribution in [0.3, 0.4) is 0 Å². The van der Waals surface area contributed by atoms with Gasteiger partial charge in [0.2, 0.25) is 0 Å². The predicted molar refractivity (Wildman–Crippen MR) is 96.8 cm³/mol. The van der Waals surface area contributed by atoms with Crippen LogP contribution in [-0.4, -0.2) is 15.1 Å². The molecule has 3 aromatic rings. The molecule has 4 radical (unpaired) electrons. The molecule has 0 aliphatic rings. The lowest BCUT2D eigenvalue weighted by molar-refractivity contribution is 1.72. The molecule has 0 aliphatic carbocycles. The first-order valence-electron chi connectivity index (χ1n) is 6.85. The highest BCUT2D eigenvalue weighted by Gasteiger charge is 2.39. The van der Waals surface area contributed by atoms with Crippen LogP contribution in [0.1, 0.15) is 0 Å². The van der Waals surface area contributed by atoms with Crippen LogP contribution in [0, 0.1) is 0 Å². The minimum atomic E-state index is -1.53. The quantitative estimate of drug-likeness (QED) is 0.513. The maximum Gasteiger partial charge on any atom is 0.109 e. The van der Waals surface area contributed by atoms with E-state index in [-0.39, 0.29) is 8.41 Å². The van der Waals surface area contributed by atoms with Gasteiger partial charge in [0.05, 0.1) is 6.66 Å². The van der Waals surface area contributed by atoms with Gasteiger partial charge < -0.3 is 8.41 Å². The van der Waals surface area contributed by atoms with E-state index in [1.807, 2.05) is 0 Å². The maximum atomic E-state index is 2.41. The summed E-state index contributed by atoms with van der Waals surface area (Å²) in [5.74, 6) is 0. The van der Waals surface area contributed by atoms with Crippen molar-refractivity contribution >= 4 is 31.6 Å². The molecule has 0 amide bonds. The van der Waals surface area contributed by atoms with E-state index in [1.54, 1.807) is 0 Å². The molecular weight excluding hydrogens is 270 g/mol. The van der Waals surface area contributed by atoms with Crippen molar-refractivity contribution in [3.05, 3.63) is 91.0 Å². The third-order valence-electron chi connectivity index (χ3n) is 3.82. The minimum Gasteiger partial charge on any atom is -1.00 e. The molecule has 3 rings (SSSR count). The van der Waals surface area contributed by atoms with Gasteiger partial charge in [-0.3, -0.25) is 0 Å². The molecule has 2 heteroatoms. The molecule has 21 heavy (non-hydrogen) atoms. The molecule has 0 fully saturated rings. The van der Waals surface area contributed by atoms with Gasteiger partial charge in [0, 0.05) is 0 Å². The third kappa shape index (κ3) is 2.94. The van der Waals surface area contributed by atoms with Gasteiger partial charge in [0.1, 0.15) is 23.2 Å². The second-order valence-electron chi connectivity index (χ2n) is 5.01. The highest BCUT2D eigenvalue weighted by molar-refractivity contribution is 7.95. The first-order chi connectivity index (χ1) is 9.82. The average Bonchev–Trinajstić information content (AvgIpc) is 2.56. The van der Waals surface area contributed by atoms with E-state index < -0.39 is 7.26 Å². The predicted octanol–water partition coefficient (Wildman–Crippen LogP) is 3.23. The molecule has 0 saturated heterocycles. The largest absolute Gasteiger partial charge is 1.00 e. The van der Waals surface area contributed by atoms with E-state index in [0.29, 0.717) is 0 Å².